The molecule has 0 saturated carbocycles. The van der Waals surface area contributed by atoms with Gasteiger partial charge < -0.3 is 14.8 Å². The smallest absolute Gasteiger partial charge is 0.0755 e. The first kappa shape index (κ1) is 17.3. The summed E-state index contributed by atoms with van der Waals surface area (Å²) >= 11 is 0. The molecule has 0 N–H and O–H groups in total. The van der Waals surface area contributed by atoms with Crippen molar-refractivity contribution in [3.63, 3.8) is 0 Å². The zero-order valence-corrected chi connectivity index (χ0v) is 11.5. The molecular formula is C12H30N2O. The predicted octanol–water partition coefficient (Wildman–Crippen LogP) is 2.71. The van der Waals surface area contributed by atoms with E-state index in [9.17, 15) is 5.21 Å². The van der Waals surface area contributed by atoms with E-state index in [4.69, 9.17) is 0 Å². The summed E-state index contributed by atoms with van der Waals surface area (Å²) in [4.78, 5) is 2.38. The lowest BCUT2D eigenvalue weighted by Crippen LogP contribution is -2.41. The molecule has 0 bridgehead atoms. The number of hydrogen-bond acceptors (Lipinski definition) is 2. The van der Waals surface area contributed by atoms with Gasteiger partial charge in [0.25, 0.3) is 0 Å². The zero-order chi connectivity index (χ0) is 12.3. The molecule has 0 rings (SSSR count). The Morgan fingerprint density at radius 1 is 0.733 bits per heavy atom. The third-order valence-corrected chi connectivity index (χ3v) is 3.07. The van der Waals surface area contributed by atoms with Crippen LogP contribution in [0.4, 0.5) is 0 Å². The van der Waals surface area contributed by atoms with Gasteiger partial charge in [0, 0.05) is 0 Å². The SMILES string of the molecule is CCN(CC)CC.CC[N+]([O-])(CC)CC. The molecule has 0 unspecified atom stereocenters. The Morgan fingerprint density at radius 3 is 1.00 bits per heavy atom. The quantitative estimate of drug-likeness (QED) is 0.506. The van der Waals surface area contributed by atoms with Crippen LogP contribution in [0, 0.1) is 5.21 Å². The van der Waals surface area contributed by atoms with Crippen molar-refractivity contribution < 1.29 is 4.65 Å². The molecule has 0 aromatic rings. The Morgan fingerprint density at radius 2 is 1.00 bits per heavy atom. The molecule has 0 radical (unpaired) electrons. The van der Waals surface area contributed by atoms with Crippen LogP contribution in [0.15, 0.2) is 0 Å². The first-order valence-electron chi connectivity index (χ1n) is 6.32. The van der Waals surface area contributed by atoms with Gasteiger partial charge in [-0.15, -0.1) is 0 Å². The van der Waals surface area contributed by atoms with Crippen LogP contribution in [0.5, 0.6) is 0 Å². The summed E-state index contributed by atoms with van der Waals surface area (Å²) in [6, 6.07) is 0. The van der Waals surface area contributed by atoms with Crippen molar-refractivity contribution in [3.8, 4) is 0 Å². The highest BCUT2D eigenvalue weighted by atomic mass is 16.5. The molecule has 0 aliphatic heterocycles. The van der Waals surface area contributed by atoms with Crippen molar-refractivity contribution in [2.24, 2.45) is 0 Å². The van der Waals surface area contributed by atoms with Gasteiger partial charge in [-0.1, -0.05) is 20.8 Å². The summed E-state index contributed by atoms with van der Waals surface area (Å²) in [7, 11) is 0. The van der Waals surface area contributed by atoms with Crippen molar-refractivity contribution in [3.05, 3.63) is 5.21 Å². The summed E-state index contributed by atoms with van der Waals surface area (Å²) in [6.45, 7) is 18.0. The molecule has 0 aromatic heterocycles. The van der Waals surface area contributed by atoms with Crippen LogP contribution in [-0.4, -0.2) is 48.8 Å². The van der Waals surface area contributed by atoms with Crippen molar-refractivity contribution in [1.29, 1.82) is 0 Å². The van der Waals surface area contributed by atoms with E-state index >= 15 is 0 Å². The minimum atomic E-state index is -0.0417. The van der Waals surface area contributed by atoms with E-state index in [1.165, 1.54) is 19.6 Å². The molecule has 0 aromatic carbocycles. The Bertz CT molecular complexity index is 107. The lowest BCUT2D eigenvalue weighted by Gasteiger charge is -2.39. The molecule has 15 heavy (non-hydrogen) atoms. The van der Waals surface area contributed by atoms with Gasteiger partial charge in [0.2, 0.25) is 0 Å². The van der Waals surface area contributed by atoms with E-state index in [1.54, 1.807) is 0 Å². The molecule has 0 fully saturated rings. The van der Waals surface area contributed by atoms with Crippen LogP contribution in [0.1, 0.15) is 41.5 Å². The van der Waals surface area contributed by atoms with Crippen LogP contribution in [-0.2, 0) is 0 Å². The third kappa shape index (κ3) is 8.85. The van der Waals surface area contributed by atoms with Crippen molar-refractivity contribution >= 4 is 0 Å². The van der Waals surface area contributed by atoms with Crippen LogP contribution in [0.2, 0.25) is 0 Å². The summed E-state index contributed by atoms with van der Waals surface area (Å²) in [6.07, 6.45) is 0. The maximum Gasteiger partial charge on any atom is 0.0755 e. The Labute approximate surface area is 96.2 Å². The first-order chi connectivity index (χ1) is 7.03. The van der Waals surface area contributed by atoms with E-state index in [0.29, 0.717) is 19.6 Å². The molecule has 0 amide bonds. The molecular weight excluding hydrogens is 188 g/mol. The molecule has 0 aliphatic carbocycles. The second-order valence-electron chi connectivity index (χ2n) is 3.63. The number of rotatable bonds is 6. The van der Waals surface area contributed by atoms with E-state index < -0.39 is 0 Å². The van der Waals surface area contributed by atoms with Crippen molar-refractivity contribution in [1.82, 2.24) is 4.90 Å². The largest absolute Gasteiger partial charge is 0.633 e. The maximum atomic E-state index is 11.1. The first-order valence-corrected chi connectivity index (χ1v) is 6.32. The predicted molar refractivity (Wildman–Crippen MR) is 68.7 cm³/mol. The molecule has 0 saturated heterocycles. The third-order valence-electron chi connectivity index (χ3n) is 3.07. The maximum absolute atomic E-state index is 11.1. The fourth-order valence-corrected chi connectivity index (χ4v) is 1.34. The Hall–Kier alpha value is -0.120. The highest BCUT2D eigenvalue weighted by molar-refractivity contribution is 4.43. The Kier molecular flexibility index (Phi) is 12.0. The molecule has 0 spiro atoms. The molecule has 3 heteroatoms. The highest BCUT2D eigenvalue weighted by Crippen LogP contribution is 1.99. The van der Waals surface area contributed by atoms with Gasteiger partial charge in [-0.05, 0) is 40.4 Å². The topological polar surface area (TPSA) is 26.3 Å². The van der Waals surface area contributed by atoms with Gasteiger partial charge in [0.15, 0.2) is 0 Å². The molecule has 94 valence electrons. The lowest BCUT2D eigenvalue weighted by molar-refractivity contribution is -0.875. The van der Waals surface area contributed by atoms with Crippen LogP contribution < -0.4 is 0 Å². The average molecular weight is 218 g/mol. The highest BCUT2D eigenvalue weighted by Gasteiger charge is 2.04. The number of hydrogen-bond donors (Lipinski definition) is 0. The normalized spacial score (nSPS) is 11.2. The minimum Gasteiger partial charge on any atom is -0.633 e. The fraction of sp³-hybridized carbons (Fsp3) is 1.00. The zero-order valence-electron chi connectivity index (χ0n) is 11.5. The van der Waals surface area contributed by atoms with E-state index in [-0.39, 0.29) is 4.65 Å². The van der Waals surface area contributed by atoms with E-state index in [1.807, 2.05) is 20.8 Å². The van der Waals surface area contributed by atoms with Crippen LogP contribution in [0.3, 0.4) is 0 Å². The van der Waals surface area contributed by atoms with Gasteiger partial charge in [0.1, 0.15) is 0 Å². The minimum absolute atomic E-state index is 0.0417. The van der Waals surface area contributed by atoms with Gasteiger partial charge in [-0.3, -0.25) is 0 Å². The summed E-state index contributed by atoms with van der Waals surface area (Å²) < 4.78 is -0.0417. The van der Waals surface area contributed by atoms with Gasteiger partial charge in [0.05, 0.1) is 19.6 Å². The second kappa shape index (κ2) is 10.4. The summed E-state index contributed by atoms with van der Waals surface area (Å²) in [5.74, 6) is 0. The number of quaternary nitrogens is 1. The molecule has 0 heterocycles. The summed E-state index contributed by atoms with van der Waals surface area (Å²) in [5.41, 5.74) is 0. The average Bonchev–Trinajstić information content (AvgIpc) is 2.31. The lowest BCUT2D eigenvalue weighted by atomic mass is 10.5. The van der Waals surface area contributed by atoms with Gasteiger partial charge in [-0.25, -0.2) is 0 Å². The second-order valence-corrected chi connectivity index (χ2v) is 3.63. The number of nitrogens with zero attached hydrogens (tertiary/aromatic N) is 2. The number of hydroxylamine groups is 3. The molecule has 0 atom stereocenters. The molecule has 0 aliphatic rings. The van der Waals surface area contributed by atoms with E-state index in [2.05, 4.69) is 25.7 Å². The summed E-state index contributed by atoms with van der Waals surface area (Å²) in [5, 5.41) is 11.1. The fourth-order valence-electron chi connectivity index (χ4n) is 1.34. The van der Waals surface area contributed by atoms with Crippen LogP contribution >= 0.6 is 0 Å². The van der Waals surface area contributed by atoms with Crippen molar-refractivity contribution in [2.75, 3.05) is 39.3 Å². The van der Waals surface area contributed by atoms with Gasteiger partial charge in [-0.2, -0.15) is 0 Å². The van der Waals surface area contributed by atoms with E-state index in [0.717, 1.165) is 0 Å². The monoisotopic (exact) mass is 218 g/mol. The Balaban J connectivity index is 0. The standard InChI is InChI=1S/C6H15NO.C6H15N/c1-4-7(8,5-2)6-3;1-4-7(5-2)6-3/h4-6H2,1-3H3;4-6H2,1-3H3. The van der Waals surface area contributed by atoms with Crippen LogP contribution in [0.25, 0.3) is 0 Å². The van der Waals surface area contributed by atoms with Crippen molar-refractivity contribution in [2.45, 2.75) is 41.5 Å². The molecule has 3 nitrogen and oxygen atoms in total. The van der Waals surface area contributed by atoms with Gasteiger partial charge >= 0.3 is 0 Å².